The molecule has 3 rings (SSSR count). The van der Waals surface area contributed by atoms with Crippen LogP contribution in [0.15, 0.2) is 35.3 Å². The summed E-state index contributed by atoms with van der Waals surface area (Å²) in [5.74, 6) is -1.12. The fraction of sp³-hybridized carbons (Fsp3) is 0.350. The molecule has 0 radical (unpaired) electrons. The second-order valence-electron chi connectivity index (χ2n) is 6.98. The number of aromatic amines is 1. The molecule has 1 aliphatic carbocycles. The molecule has 1 heterocycles. The lowest BCUT2D eigenvalue weighted by molar-refractivity contribution is 0.0783. The topological polar surface area (TPSA) is 82.3 Å². The standard InChI is InChI=1S/C20H22FN3O3/c1-12-8-13(6-7-17(12)21)11-24(2)20(27)16-9-14(10-22-19(16)26)18(25)23-15-4-3-5-15/h6-10,15H,3-5,11H2,1-2H3,(H,22,26)(H,23,25). The predicted octanol–water partition coefficient (Wildman–Crippen LogP) is 2.38. The third-order valence-electron chi connectivity index (χ3n) is 4.83. The highest BCUT2D eigenvalue weighted by Gasteiger charge is 2.22. The summed E-state index contributed by atoms with van der Waals surface area (Å²) in [5.41, 5.74) is 0.830. The summed E-state index contributed by atoms with van der Waals surface area (Å²) in [6, 6.07) is 6.08. The molecular weight excluding hydrogens is 349 g/mol. The Morgan fingerprint density at radius 1 is 1.30 bits per heavy atom. The van der Waals surface area contributed by atoms with Gasteiger partial charge in [0.25, 0.3) is 17.4 Å². The van der Waals surface area contributed by atoms with E-state index in [1.165, 1.54) is 23.2 Å². The molecule has 1 aromatic heterocycles. The van der Waals surface area contributed by atoms with Crippen molar-refractivity contribution in [3.8, 4) is 0 Å². The van der Waals surface area contributed by atoms with Gasteiger partial charge in [-0.25, -0.2) is 4.39 Å². The molecule has 1 saturated carbocycles. The summed E-state index contributed by atoms with van der Waals surface area (Å²) in [5, 5.41) is 2.88. The second kappa shape index (κ2) is 7.73. The molecule has 0 bridgehead atoms. The van der Waals surface area contributed by atoms with E-state index in [1.54, 1.807) is 26.1 Å². The van der Waals surface area contributed by atoms with Gasteiger partial charge in [0.15, 0.2) is 0 Å². The number of pyridine rings is 1. The van der Waals surface area contributed by atoms with Crippen LogP contribution in [0.5, 0.6) is 0 Å². The molecule has 1 fully saturated rings. The highest BCUT2D eigenvalue weighted by Crippen LogP contribution is 2.18. The zero-order valence-electron chi connectivity index (χ0n) is 15.3. The van der Waals surface area contributed by atoms with Gasteiger partial charge < -0.3 is 15.2 Å². The molecule has 0 spiro atoms. The van der Waals surface area contributed by atoms with Crippen LogP contribution in [0.4, 0.5) is 4.39 Å². The maximum Gasteiger partial charge on any atom is 0.260 e. The summed E-state index contributed by atoms with van der Waals surface area (Å²) in [7, 11) is 1.56. The van der Waals surface area contributed by atoms with Crippen LogP contribution in [0.1, 0.15) is 51.1 Å². The maximum absolute atomic E-state index is 13.4. The quantitative estimate of drug-likeness (QED) is 0.847. The number of H-pyrrole nitrogens is 1. The van der Waals surface area contributed by atoms with Crippen molar-refractivity contribution in [2.75, 3.05) is 7.05 Å². The maximum atomic E-state index is 13.4. The Hall–Kier alpha value is -2.96. The van der Waals surface area contributed by atoms with E-state index in [0.717, 1.165) is 24.8 Å². The monoisotopic (exact) mass is 371 g/mol. The molecule has 142 valence electrons. The average Bonchev–Trinajstić information content (AvgIpc) is 2.61. The van der Waals surface area contributed by atoms with Crippen LogP contribution < -0.4 is 10.9 Å². The summed E-state index contributed by atoms with van der Waals surface area (Å²) < 4.78 is 13.4. The average molecular weight is 371 g/mol. The Morgan fingerprint density at radius 3 is 2.67 bits per heavy atom. The third kappa shape index (κ3) is 4.24. The Labute approximate surface area is 156 Å². The van der Waals surface area contributed by atoms with E-state index < -0.39 is 11.5 Å². The van der Waals surface area contributed by atoms with Crippen molar-refractivity contribution >= 4 is 11.8 Å². The minimum absolute atomic E-state index is 0.0995. The first kappa shape index (κ1) is 18.8. The van der Waals surface area contributed by atoms with Gasteiger partial charge >= 0.3 is 0 Å². The number of aromatic nitrogens is 1. The molecule has 6 nitrogen and oxygen atoms in total. The van der Waals surface area contributed by atoms with Crippen molar-refractivity contribution in [2.45, 2.75) is 38.8 Å². The number of nitrogens with zero attached hydrogens (tertiary/aromatic N) is 1. The summed E-state index contributed by atoms with van der Waals surface area (Å²) >= 11 is 0. The number of carbonyl (C=O) groups is 2. The largest absolute Gasteiger partial charge is 0.349 e. The molecule has 2 aromatic rings. The number of nitrogens with one attached hydrogen (secondary N) is 2. The van der Waals surface area contributed by atoms with E-state index in [4.69, 9.17) is 0 Å². The molecule has 0 aliphatic heterocycles. The van der Waals surface area contributed by atoms with Crippen molar-refractivity contribution in [2.24, 2.45) is 0 Å². The van der Waals surface area contributed by atoms with Gasteiger partial charge in [0.2, 0.25) is 0 Å². The molecule has 2 N–H and O–H groups in total. The van der Waals surface area contributed by atoms with E-state index in [2.05, 4.69) is 10.3 Å². The summed E-state index contributed by atoms with van der Waals surface area (Å²) in [6.07, 6.45) is 4.30. The van der Waals surface area contributed by atoms with Crippen molar-refractivity contribution in [3.63, 3.8) is 0 Å². The SMILES string of the molecule is Cc1cc(CN(C)C(=O)c2cc(C(=O)NC3CCC3)c[nH]c2=O)ccc1F. The van der Waals surface area contributed by atoms with Gasteiger partial charge in [0.1, 0.15) is 11.4 Å². The molecule has 0 saturated heterocycles. The summed E-state index contributed by atoms with van der Waals surface area (Å²) in [6.45, 7) is 1.87. The van der Waals surface area contributed by atoms with E-state index >= 15 is 0 Å². The first-order valence-corrected chi connectivity index (χ1v) is 8.89. The lowest BCUT2D eigenvalue weighted by Gasteiger charge is -2.26. The van der Waals surface area contributed by atoms with Crippen LogP contribution in [0.3, 0.4) is 0 Å². The number of hydrogen-bond acceptors (Lipinski definition) is 3. The van der Waals surface area contributed by atoms with Gasteiger partial charge in [0, 0.05) is 25.8 Å². The van der Waals surface area contributed by atoms with Crippen LogP contribution in [0, 0.1) is 12.7 Å². The highest BCUT2D eigenvalue weighted by molar-refractivity contribution is 5.99. The van der Waals surface area contributed by atoms with Crippen molar-refractivity contribution in [1.82, 2.24) is 15.2 Å². The van der Waals surface area contributed by atoms with Crippen molar-refractivity contribution in [1.29, 1.82) is 0 Å². The van der Waals surface area contributed by atoms with E-state index in [1.807, 2.05) is 0 Å². The van der Waals surface area contributed by atoms with Gasteiger partial charge in [-0.15, -0.1) is 0 Å². The molecule has 1 aromatic carbocycles. The van der Waals surface area contributed by atoms with Gasteiger partial charge in [-0.3, -0.25) is 14.4 Å². The second-order valence-corrected chi connectivity index (χ2v) is 6.98. The van der Waals surface area contributed by atoms with Crippen LogP contribution in [0.2, 0.25) is 0 Å². The van der Waals surface area contributed by atoms with Gasteiger partial charge in [-0.05, 0) is 49.4 Å². The van der Waals surface area contributed by atoms with E-state index in [9.17, 15) is 18.8 Å². The number of benzene rings is 1. The van der Waals surface area contributed by atoms with Crippen molar-refractivity contribution < 1.29 is 14.0 Å². The smallest absolute Gasteiger partial charge is 0.260 e. The van der Waals surface area contributed by atoms with Crippen LogP contribution >= 0.6 is 0 Å². The highest BCUT2D eigenvalue weighted by atomic mass is 19.1. The minimum atomic E-state index is -0.553. The summed E-state index contributed by atoms with van der Waals surface area (Å²) in [4.78, 5) is 40.9. The molecule has 2 amide bonds. The van der Waals surface area contributed by atoms with Gasteiger partial charge in [-0.1, -0.05) is 12.1 Å². The molecular formula is C20H22FN3O3. The predicted molar refractivity (Wildman–Crippen MR) is 99.1 cm³/mol. The Morgan fingerprint density at radius 2 is 2.04 bits per heavy atom. The van der Waals surface area contributed by atoms with Crippen molar-refractivity contribution in [3.05, 3.63) is 68.9 Å². The fourth-order valence-corrected chi connectivity index (χ4v) is 2.95. The number of carbonyl (C=O) groups excluding carboxylic acids is 2. The molecule has 0 unspecified atom stereocenters. The zero-order valence-corrected chi connectivity index (χ0v) is 15.3. The molecule has 7 heteroatoms. The van der Waals surface area contributed by atoms with E-state index in [-0.39, 0.29) is 35.4 Å². The first-order chi connectivity index (χ1) is 12.8. The Balaban J connectivity index is 1.76. The lowest BCUT2D eigenvalue weighted by Crippen LogP contribution is -2.40. The third-order valence-corrected chi connectivity index (χ3v) is 4.83. The first-order valence-electron chi connectivity index (χ1n) is 8.89. The Kier molecular flexibility index (Phi) is 5.39. The van der Waals surface area contributed by atoms with Crippen LogP contribution in [-0.2, 0) is 6.54 Å². The molecule has 0 atom stereocenters. The van der Waals surface area contributed by atoms with E-state index in [0.29, 0.717) is 5.56 Å². The van der Waals surface area contributed by atoms with Crippen LogP contribution in [-0.4, -0.2) is 34.8 Å². The van der Waals surface area contributed by atoms with Crippen LogP contribution in [0.25, 0.3) is 0 Å². The molecule has 27 heavy (non-hydrogen) atoms. The lowest BCUT2D eigenvalue weighted by atomic mass is 9.93. The number of hydrogen-bond donors (Lipinski definition) is 2. The number of rotatable bonds is 5. The Bertz CT molecular complexity index is 934. The minimum Gasteiger partial charge on any atom is -0.349 e. The number of aryl methyl sites for hydroxylation is 1. The molecule has 1 aliphatic rings. The van der Waals surface area contributed by atoms with Gasteiger partial charge in [-0.2, -0.15) is 0 Å². The zero-order chi connectivity index (χ0) is 19.6. The number of amides is 2. The fourth-order valence-electron chi connectivity index (χ4n) is 2.95. The normalized spacial score (nSPS) is 13.7. The number of halogens is 1. The van der Waals surface area contributed by atoms with Gasteiger partial charge in [0.05, 0.1) is 5.56 Å².